The fourth-order valence-corrected chi connectivity index (χ4v) is 2.51. The number of hydrogen-bond donors (Lipinski definition) is 1. The van der Waals surface area contributed by atoms with Crippen LogP contribution in [0.25, 0.3) is 0 Å². The summed E-state index contributed by atoms with van der Waals surface area (Å²) in [5, 5.41) is 14.0. The number of ether oxygens (including phenoxy) is 1. The Labute approximate surface area is 140 Å². The molecule has 0 aromatic heterocycles. The van der Waals surface area contributed by atoms with Gasteiger partial charge in [-0.25, -0.2) is 0 Å². The fourth-order valence-electron chi connectivity index (χ4n) is 2.51. The number of rotatable bonds is 6. The summed E-state index contributed by atoms with van der Waals surface area (Å²) in [5.41, 5.74) is 2.09. The Morgan fingerprint density at radius 2 is 2.00 bits per heavy atom. The van der Waals surface area contributed by atoms with Gasteiger partial charge in [-0.2, -0.15) is 0 Å². The third-order valence-electron chi connectivity index (χ3n) is 3.72. The molecule has 0 saturated carbocycles. The highest BCUT2D eigenvalue weighted by atomic mass is 16.6. The molecular formula is C18H20N2O4. The average molecular weight is 328 g/mol. The van der Waals surface area contributed by atoms with Gasteiger partial charge in [0.05, 0.1) is 17.6 Å². The number of benzene rings is 2. The number of hydrogen-bond acceptors (Lipinski definition) is 4. The second kappa shape index (κ2) is 7.59. The molecule has 1 N–H and O–H groups in total. The number of nitrogens with one attached hydrogen (secondary N) is 1. The van der Waals surface area contributed by atoms with Gasteiger partial charge in [0.15, 0.2) is 5.75 Å². The summed E-state index contributed by atoms with van der Waals surface area (Å²) >= 11 is 0. The Hall–Kier alpha value is -2.89. The Balaban J connectivity index is 2.22. The minimum Gasteiger partial charge on any atom is -0.487 e. The summed E-state index contributed by atoms with van der Waals surface area (Å²) in [6, 6.07) is 11.8. The Morgan fingerprint density at radius 3 is 2.62 bits per heavy atom. The predicted octanol–water partition coefficient (Wildman–Crippen LogP) is 3.79. The molecule has 0 aliphatic heterocycles. The Kier molecular flexibility index (Phi) is 5.52. The number of nitro groups is 1. The molecule has 126 valence electrons. The van der Waals surface area contributed by atoms with Gasteiger partial charge in [-0.15, -0.1) is 0 Å². The number of nitrogens with zero attached hydrogens (tertiary/aromatic N) is 1. The zero-order valence-electron chi connectivity index (χ0n) is 13.9. The van der Waals surface area contributed by atoms with E-state index in [0.717, 1.165) is 11.1 Å². The maximum atomic E-state index is 12.4. The summed E-state index contributed by atoms with van der Waals surface area (Å²) in [6.07, 6.45) is 0. The fraction of sp³-hybridized carbons (Fsp3) is 0.278. The van der Waals surface area contributed by atoms with Crippen LogP contribution in [-0.2, 0) is 0 Å². The highest BCUT2D eigenvalue weighted by Crippen LogP contribution is 2.28. The Morgan fingerprint density at radius 1 is 1.29 bits per heavy atom. The maximum Gasteiger partial charge on any atom is 0.311 e. The quantitative estimate of drug-likeness (QED) is 0.646. The van der Waals surface area contributed by atoms with Gasteiger partial charge in [-0.1, -0.05) is 24.3 Å². The van der Waals surface area contributed by atoms with Crippen LogP contribution in [0.1, 0.15) is 41.4 Å². The van der Waals surface area contributed by atoms with Gasteiger partial charge in [0.2, 0.25) is 0 Å². The second-order valence-corrected chi connectivity index (χ2v) is 5.42. The summed E-state index contributed by atoms with van der Waals surface area (Å²) in [5.74, 6) is -0.206. The van der Waals surface area contributed by atoms with E-state index in [1.54, 1.807) is 6.92 Å². The van der Waals surface area contributed by atoms with Gasteiger partial charge in [0.1, 0.15) is 0 Å². The minimum atomic E-state index is -0.549. The van der Waals surface area contributed by atoms with E-state index in [4.69, 9.17) is 4.74 Å². The average Bonchev–Trinajstić information content (AvgIpc) is 2.55. The number of nitro benzene ring substituents is 1. The van der Waals surface area contributed by atoms with Crippen LogP contribution in [0.3, 0.4) is 0 Å². The van der Waals surface area contributed by atoms with E-state index < -0.39 is 4.92 Å². The van der Waals surface area contributed by atoms with Gasteiger partial charge in [-0.05, 0) is 44.0 Å². The van der Waals surface area contributed by atoms with Crippen molar-refractivity contribution in [1.29, 1.82) is 0 Å². The van der Waals surface area contributed by atoms with Crippen LogP contribution in [0.5, 0.6) is 5.75 Å². The zero-order valence-corrected chi connectivity index (χ0v) is 13.9. The SMILES string of the molecule is CCOc1ccc(C(=O)NC(C)c2ccccc2C)cc1[N+](=O)[O-]. The first kappa shape index (κ1) is 17.5. The van der Waals surface area contributed by atoms with Crippen LogP contribution >= 0.6 is 0 Å². The molecule has 0 bridgehead atoms. The molecule has 0 aliphatic rings. The van der Waals surface area contributed by atoms with E-state index >= 15 is 0 Å². The molecule has 6 heteroatoms. The third kappa shape index (κ3) is 3.90. The molecule has 0 spiro atoms. The molecule has 0 heterocycles. The topological polar surface area (TPSA) is 81.5 Å². The maximum absolute atomic E-state index is 12.4. The number of aryl methyl sites for hydroxylation is 1. The summed E-state index contributed by atoms with van der Waals surface area (Å²) < 4.78 is 5.23. The van der Waals surface area contributed by atoms with E-state index in [1.807, 2.05) is 38.1 Å². The zero-order chi connectivity index (χ0) is 17.7. The predicted molar refractivity (Wildman–Crippen MR) is 91.3 cm³/mol. The number of carbonyl (C=O) groups excluding carboxylic acids is 1. The lowest BCUT2D eigenvalue weighted by molar-refractivity contribution is -0.385. The first-order valence-corrected chi connectivity index (χ1v) is 7.71. The molecule has 6 nitrogen and oxygen atoms in total. The van der Waals surface area contributed by atoms with Crippen molar-refractivity contribution in [3.05, 3.63) is 69.3 Å². The van der Waals surface area contributed by atoms with E-state index in [9.17, 15) is 14.9 Å². The molecule has 2 aromatic rings. The first-order chi connectivity index (χ1) is 11.4. The normalized spacial score (nSPS) is 11.6. The highest BCUT2D eigenvalue weighted by Gasteiger charge is 2.20. The monoisotopic (exact) mass is 328 g/mol. The minimum absolute atomic E-state index is 0.158. The third-order valence-corrected chi connectivity index (χ3v) is 3.72. The second-order valence-electron chi connectivity index (χ2n) is 5.42. The van der Waals surface area contributed by atoms with Crippen molar-refractivity contribution in [2.75, 3.05) is 6.61 Å². The van der Waals surface area contributed by atoms with E-state index in [-0.39, 0.29) is 28.9 Å². The van der Waals surface area contributed by atoms with Crippen molar-refractivity contribution in [1.82, 2.24) is 5.32 Å². The molecule has 1 amide bonds. The van der Waals surface area contributed by atoms with E-state index in [1.165, 1.54) is 18.2 Å². The molecule has 24 heavy (non-hydrogen) atoms. The van der Waals surface area contributed by atoms with Gasteiger partial charge in [0.25, 0.3) is 5.91 Å². The van der Waals surface area contributed by atoms with Crippen LogP contribution in [0.2, 0.25) is 0 Å². The molecule has 1 unspecified atom stereocenters. The van der Waals surface area contributed by atoms with Crippen LogP contribution in [0.15, 0.2) is 42.5 Å². The number of carbonyl (C=O) groups is 1. The summed E-state index contributed by atoms with van der Waals surface area (Å²) in [6.45, 7) is 5.91. The standard InChI is InChI=1S/C18H20N2O4/c1-4-24-17-10-9-14(11-16(17)20(22)23)18(21)19-13(3)15-8-6-5-7-12(15)2/h5-11,13H,4H2,1-3H3,(H,19,21). The molecule has 2 aromatic carbocycles. The lowest BCUT2D eigenvalue weighted by Crippen LogP contribution is -2.27. The van der Waals surface area contributed by atoms with E-state index in [0.29, 0.717) is 6.61 Å². The van der Waals surface area contributed by atoms with Crippen LogP contribution in [-0.4, -0.2) is 17.4 Å². The Bertz CT molecular complexity index is 758. The molecule has 2 rings (SSSR count). The lowest BCUT2D eigenvalue weighted by Gasteiger charge is -2.16. The molecule has 0 fully saturated rings. The van der Waals surface area contributed by atoms with Crippen molar-refractivity contribution in [2.45, 2.75) is 26.8 Å². The van der Waals surface area contributed by atoms with Crippen molar-refractivity contribution in [3.8, 4) is 5.75 Å². The molecule has 0 saturated heterocycles. The first-order valence-electron chi connectivity index (χ1n) is 7.71. The smallest absolute Gasteiger partial charge is 0.311 e. The van der Waals surface area contributed by atoms with Crippen LogP contribution < -0.4 is 10.1 Å². The summed E-state index contributed by atoms with van der Waals surface area (Å²) in [4.78, 5) is 23.0. The van der Waals surface area contributed by atoms with Crippen LogP contribution in [0, 0.1) is 17.0 Å². The lowest BCUT2D eigenvalue weighted by atomic mass is 10.0. The number of amides is 1. The largest absolute Gasteiger partial charge is 0.487 e. The van der Waals surface area contributed by atoms with Gasteiger partial charge >= 0.3 is 5.69 Å². The molecular weight excluding hydrogens is 308 g/mol. The van der Waals surface area contributed by atoms with Gasteiger partial charge in [0, 0.05) is 11.6 Å². The van der Waals surface area contributed by atoms with Crippen molar-refractivity contribution < 1.29 is 14.5 Å². The molecule has 0 aliphatic carbocycles. The molecule has 1 atom stereocenters. The van der Waals surface area contributed by atoms with Gasteiger partial charge in [-0.3, -0.25) is 14.9 Å². The van der Waals surface area contributed by atoms with Crippen molar-refractivity contribution >= 4 is 11.6 Å². The van der Waals surface area contributed by atoms with E-state index in [2.05, 4.69) is 5.32 Å². The van der Waals surface area contributed by atoms with Crippen molar-refractivity contribution in [3.63, 3.8) is 0 Å². The summed E-state index contributed by atoms with van der Waals surface area (Å²) in [7, 11) is 0. The molecule has 0 radical (unpaired) electrons. The highest BCUT2D eigenvalue weighted by molar-refractivity contribution is 5.95. The van der Waals surface area contributed by atoms with Crippen LogP contribution in [0.4, 0.5) is 5.69 Å². The van der Waals surface area contributed by atoms with Gasteiger partial charge < -0.3 is 10.1 Å². The van der Waals surface area contributed by atoms with Crippen molar-refractivity contribution in [2.24, 2.45) is 0 Å².